The number of hydrogen-bond acceptors (Lipinski definition) is 3. The third-order valence-corrected chi connectivity index (χ3v) is 4.13. The number of carbonyl (C=O) groups excluding carboxylic acids is 2. The van der Waals surface area contributed by atoms with E-state index in [9.17, 15) is 14.4 Å². The summed E-state index contributed by atoms with van der Waals surface area (Å²) in [4.78, 5) is 34.3. The van der Waals surface area contributed by atoms with Gasteiger partial charge < -0.3 is 16.2 Å². The second kappa shape index (κ2) is 8.29. The fraction of sp³-hybridized carbons (Fsp3) is 0.250. The van der Waals surface area contributed by atoms with Crippen LogP contribution in [0, 0.1) is 13.8 Å². The fourth-order valence-electron chi connectivity index (χ4n) is 2.63. The Kier molecular flexibility index (Phi) is 6.11. The summed E-state index contributed by atoms with van der Waals surface area (Å²) in [6.45, 7) is 4.04. The number of hydrogen-bond donors (Lipinski definition) is 3. The van der Waals surface area contributed by atoms with Gasteiger partial charge >= 0.3 is 5.97 Å². The number of carbonyl (C=O) groups is 3. The molecule has 0 aliphatic heterocycles. The molecule has 4 N–H and O–H groups in total. The number of carboxylic acid groups (broad SMARTS) is 1. The van der Waals surface area contributed by atoms with Crippen molar-refractivity contribution in [1.29, 1.82) is 0 Å². The van der Waals surface area contributed by atoms with Gasteiger partial charge in [0.05, 0.1) is 0 Å². The second-order valence-electron chi connectivity index (χ2n) is 6.26. The predicted octanol–water partition coefficient (Wildman–Crippen LogP) is 2.42. The van der Waals surface area contributed by atoms with Crippen molar-refractivity contribution in [2.24, 2.45) is 5.73 Å². The van der Waals surface area contributed by atoms with Crippen LogP contribution >= 0.6 is 0 Å². The molecule has 6 nitrogen and oxygen atoms in total. The van der Waals surface area contributed by atoms with Crippen LogP contribution in [0.3, 0.4) is 0 Å². The molecule has 0 spiro atoms. The van der Waals surface area contributed by atoms with Gasteiger partial charge in [-0.3, -0.25) is 9.59 Å². The van der Waals surface area contributed by atoms with Gasteiger partial charge in [-0.1, -0.05) is 35.9 Å². The number of benzene rings is 2. The molecule has 26 heavy (non-hydrogen) atoms. The molecule has 0 bridgehead atoms. The summed E-state index contributed by atoms with van der Waals surface area (Å²) in [5.41, 5.74) is 9.72. The molecule has 0 saturated carbocycles. The van der Waals surface area contributed by atoms with E-state index in [1.165, 1.54) is 0 Å². The van der Waals surface area contributed by atoms with E-state index in [0.29, 0.717) is 5.56 Å². The third-order valence-electron chi connectivity index (χ3n) is 4.13. The smallest absolute Gasteiger partial charge is 0.326 e. The maximum atomic E-state index is 12.3. The van der Waals surface area contributed by atoms with Gasteiger partial charge in [-0.2, -0.15) is 0 Å². The Labute approximate surface area is 152 Å². The minimum Gasteiger partial charge on any atom is -0.480 e. The highest BCUT2D eigenvalue weighted by Gasteiger charge is 2.21. The van der Waals surface area contributed by atoms with E-state index in [0.717, 1.165) is 22.3 Å². The molecule has 2 aromatic carbocycles. The summed E-state index contributed by atoms with van der Waals surface area (Å²) in [5, 5.41) is 11.6. The quantitative estimate of drug-likeness (QED) is 0.709. The highest BCUT2D eigenvalue weighted by molar-refractivity contribution is 5.97. The lowest BCUT2D eigenvalue weighted by Crippen LogP contribution is -2.41. The van der Waals surface area contributed by atoms with Gasteiger partial charge in [0, 0.05) is 12.0 Å². The first kappa shape index (κ1) is 19.2. The molecular weight excluding hydrogens is 332 g/mol. The third kappa shape index (κ3) is 4.92. The monoisotopic (exact) mass is 354 g/mol. The van der Waals surface area contributed by atoms with Gasteiger partial charge in [0.15, 0.2) is 0 Å². The van der Waals surface area contributed by atoms with E-state index in [-0.39, 0.29) is 12.8 Å². The lowest BCUT2D eigenvalue weighted by molar-refractivity contribution is -0.139. The zero-order chi connectivity index (χ0) is 19.3. The van der Waals surface area contributed by atoms with E-state index in [1.807, 2.05) is 38.1 Å². The molecule has 0 aliphatic carbocycles. The van der Waals surface area contributed by atoms with E-state index < -0.39 is 23.8 Å². The van der Waals surface area contributed by atoms with Crippen LogP contribution in [0.1, 0.15) is 34.3 Å². The van der Waals surface area contributed by atoms with Crippen molar-refractivity contribution >= 4 is 17.8 Å². The zero-order valence-electron chi connectivity index (χ0n) is 14.8. The molecule has 6 heteroatoms. The van der Waals surface area contributed by atoms with Gasteiger partial charge in [-0.15, -0.1) is 0 Å². The Hall–Kier alpha value is -3.15. The predicted molar refractivity (Wildman–Crippen MR) is 98.7 cm³/mol. The summed E-state index contributed by atoms with van der Waals surface area (Å²) in [7, 11) is 0. The van der Waals surface area contributed by atoms with Crippen molar-refractivity contribution in [1.82, 2.24) is 5.32 Å². The Morgan fingerprint density at radius 1 is 1.08 bits per heavy atom. The van der Waals surface area contributed by atoms with Gasteiger partial charge in [-0.05, 0) is 49.1 Å². The van der Waals surface area contributed by atoms with Crippen LogP contribution in [0.2, 0.25) is 0 Å². The number of nitrogens with one attached hydrogen (secondary N) is 1. The standard InChI is InChI=1S/C20H22N2O4/c1-12-3-4-13(2)16(11-12)14-5-7-15(8-6-14)19(24)22-17(20(25)26)9-10-18(21)23/h3-8,11,17H,9-10H2,1-2H3,(H2,21,23)(H,22,24)(H,25,26)/t17-/m0/s1. The summed E-state index contributed by atoms with van der Waals surface area (Å²) in [6.07, 6.45) is -0.153. The largest absolute Gasteiger partial charge is 0.480 e. The average molecular weight is 354 g/mol. The van der Waals surface area contributed by atoms with Crippen molar-refractivity contribution in [3.05, 3.63) is 59.2 Å². The van der Waals surface area contributed by atoms with Crippen molar-refractivity contribution in [2.45, 2.75) is 32.7 Å². The molecule has 2 rings (SSSR count). The molecule has 0 aliphatic rings. The van der Waals surface area contributed by atoms with Crippen LogP contribution in [-0.2, 0) is 9.59 Å². The Morgan fingerprint density at radius 3 is 2.31 bits per heavy atom. The molecule has 2 aromatic rings. The topological polar surface area (TPSA) is 109 Å². The molecule has 2 amide bonds. The van der Waals surface area contributed by atoms with Crippen molar-refractivity contribution in [2.75, 3.05) is 0 Å². The number of nitrogens with two attached hydrogens (primary N) is 1. The highest BCUT2D eigenvalue weighted by Crippen LogP contribution is 2.24. The van der Waals surface area contributed by atoms with E-state index >= 15 is 0 Å². The SMILES string of the molecule is Cc1ccc(C)c(-c2ccc(C(=O)N[C@@H](CCC(N)=O)C(=O)O)cc2)c1. The summed E-state index contributed by atoms with van der Waals surface area (Å²) < 4.78 is 0. The second-order valence-corrected chi connectivity index (χ2v) is 6.26. The summed E-state index contributed by atoms with van der Waals surface area (Å²) in [5.74, 6) is -2.32. The molecule has 0 aromatic heterocycles. The van der Waals surface area contributed by atoms with Crippen LogP contribution < -0.4 is 11.1 Å². The van der Waals surface area contributed by atoms with Gasteiger partial charge in [0.2, 0.25) is 5.91 Å². The molecule has 0 heterocycles. The molecule has 0 radical (unpaired) electrons. The van der Waals surface area contributed by atoms with Crippen LogP contribution in [0.25, 0.3) is 11.1 Å². The van der Waals surface area contributed by atoms with Crippen LogP contribution in [-0.4, -0.2) is 28.9 Å². The highest BCUT2D eigenvalue weighted by atomic mass is 16.4. The first-order valence-electron chi connectivity index (χ1n) is 8.27. The number of carboxylic acids is 1. The molecule has 0 fully saturated rings. The van der Waals surface area contributed by atoms with Crippen LogP contribution in [0.4, 0.5) is 0 Å². The lowest BCUT2D eigenvalue weighted by Gasteiger charge is -2.14. The molecule has 0 saturated heterocycles. The van der Waals surface area contributed by atoms with Gasteiger partial charge in [0.25, 0.3) is 5.91 Å². The van der Waals surface area contributed by atoms with E-state index in [4.69, 9.17) is 10.8 Å². The number of rotatable bonds is 7. The summed E-state index contributed by atoms with van der Waals surface area (Å²) >= 11 is 0. The first-order valence-corrected chi connectivity index (χ1v) is 8.27. The fourth-order valence-corrected chi connectivity index (χ4v) is 2.63. The molecule has 136 valence electrons. The average Bonchev–Trinajstić information content (AvgIpc) is 2.60. The normalized spacial score (nSPS) is 11.6. The number of amides is 2. The summed E-state index contributed by atoms with van der Waals surface area (Å²) in [6, 6.07) is 12.0. The number of primary amides is 1. The van der Waals surface area contributed by atoms with Crippen molar-refractivity contribution in [3.8, 4) is 11.1 Å². The number of aryl methyl sites for hydroxylation is 2. The Balaban J connectivity index is 2.14. The van der Waals surface area contributed by atoms with Gasteiger partial charge in [0.1, 0.15) is 6.04 Å². The lowest BCUT2D eigenvalue weighted by atomic mass is 9.97. The molecule has 1 atom stereocenters. The van der Waals surface area contributed by atoms with Crippen LogP contribution in [0.15, 0.2) is 42.5 Å². The minimum atomic E-state index is -1.20. The minimum absolute atomic E-state index is 0.0447. The Morgan fingerprint density at radius 2 is 1.73 bits per heavy atom. The maximum Gasteiger partial charge on any atom is 0.326 e. The van der Waals surface area contributed by atoms with Crippen molar-refractivity contribution in [3.63, 3.8) is 0 Å². The first-order chi connectivity index (χ1) is 12.3. The van der Waals surface area contributed by atoms with E-state index in [2.05, 4.69) is 11.4 Å². The van der Waals surface area contributed by atoms with Gasteiger partial charge in [-0.25, -0.2) is 4.79 Å². The molecule has 0 unspecified atom stereocenters. The van der Waals surface area contributed by atoms with E-state index in [1.54, 1.807) is 12.1 Å². The maximum absolute atomic E-state index is 12.3. The number of aliphatic carboxylic acids is 1. The Bertz CT molecular complexity index is 828. The molecular formula is C20H22N2O4. The zero-order valence-corrected chi connectivity index (χ0v) is 14.8. The van der Waals surface area contributed by atoms with Crippen LogP contribution in [0.5, 0.6) is 0 Å². The van der Waals surface area contributed by atoms with Crippen molar-refractivity contribution < 1.29 is 19.5 Å².